The van der Waals surface area contributed by atoms with Gasteiger partial charge in [0.05, 0.1) is 18.8 Å². The van der Waals surface area contributed by atoms with Crippen molar-refractivity contribution in [3.63, 3.8) is 0 Å². The summed E-state index contributed by atoms with van der Waals surface area (Å²) in [6.07, 6.45) is 2.11. The summed E-state index contributed by atoms with van der Waals surface area (Å²) in [6, 6.07) is 1.33. The molecule has 0 atom stereocenters. The van der Waals surface area contributed by atoms with E-state index in [1.807, 2.05) is 0 Å². The molecule has 0 aromatic carbocycles. The van der Waals surface area contributed by atoms with Gasteiger partial charge in [0.2, 0.25) is 5.76 Å². The van der Waals surface area contributed by atoms with Gasteiger partial charge in [-0.25, -0.2) is 5.06 Å². The van der Waals surface area contributed by atoms with Crippen molar-refractivity contribution in [1.82, 2.24) is 5.06 Å². The fourth-order valence-electron chi connectivity index (χ4n) is 1.00. The molecular formula is C9H10FNO5S. The fraction of sp³-hybridized carbons (Fsp3) is 0.222. The molecule has 0 aliphatic heterocycles. The second kappa shape index (κ2) is 5.11. The molecule has 1 aromatic rings. The van der Waals surface area contributed by atoms with E-state index in [1.54, 1.807) is 0 Å². The average Bonchev–Trinajstić information content (AvgIpc) is 2.71. The predicted octanol–water partition coefficient (Wildman–Crippen LogP) is 1.18. The van der Waals surface area contributed by atoms with Crippen molar-refractivity contribution < 1.29 is 26.4 Å². The molecule has 0 radical (unpaired) electrons. The van der Waals surface area contributed by atoms with Gasteiger partial charge in [0.15, 0.2) is 0 Å². The standard InChI is InChI=1S/C9H10FNO5S/c1-11(15-2)9(12)8-7(3-5-16-8)4-6-17(10,13)14/h3-6H,1-2H3/b6-4+. The van der Waals surface area contributed by atoms with E-state index < -0.39 is 16.1 Å². The van der Waals surface area contributed by atoms with Crippen LogP contribution in [0.25, 0.3) is 6.08 Å². The van der Waals surface area contributed by atoms with Crippen LogP contribution in [0.15, 0.2) is 22.2 Å². The van der Waals surface area contributed by atoms with Crippen molar-refractivity contribution in [1.29, 1.82) is 0 Å². The van der Waals surface area contributed by atoms with Crippen molar-refractivity contribution in [2.24, 2.45) is 0 Å². The number of hydrogen-bond acceptors (Lipinski definition) is 5. The largest absolute Gasteiger partial charge is 0.458 e. The van der Waals surface area contributed by atoms with Crippen LogP contribution in [-0.2, 0) is 15.1 Å². The molecule has 17 heavy (non-hydrogen) atoms. The Bertz CT molecular complexity index is 533. The first-order chi connectivity index (χ1) is 7.85. The molecule has 0 bridgehead atoms. The first-order valence-corrected chi connectivity index (χ1v) is 5.82. The van der Waals surface area contributed by atoms with Gasteiger partial charge in [0.25, 0.3) is 0 Å². The molecule has 0 fully saturated rings. The zero-order valence-corrected chi connectivity index (χ0v) is 9.90. The number of nitrogens with zero attached hydrogens (tertiary/aromatic N) is 1. The molecule has 0 saturated carbocycles. The van der Waals surface area contributed by atoms with Crippen molar-refractivity contribution >= 4 is 22.2 Å². The first-order valence-electron chi connectivity index (χ1n) is 4.37. The summed E-state index contributed by atoms with van der Waals surface area (Å²) in [5, 5.41) is 1.22. The molecule has 1 amide bonds. The topological polar surface area (TPSA) is 76.8 Å². The summed E-state index contributed by atoms with van der Waals surface area (Å²) < 4.78 is 37.7. The van der Waals surface area contributed by atoms with E-state index in [1.165, 1.54) is 26.5 Å². The molecule has 94 valence electrons. The third kappa shape index (κ3) is 3.68. The smallest absolute Gasteiger partial charge is 0.325 e. The lowest BCUT2D eigenvalue weighted by atomic mass is 10.2. The monoisotopic (exact) mass is 263 g/mol. The predicted molar refractivity (Wildman–Crippen MR) is 56.9 cm³/mol. The number of amides is 1. The van der Waals surface area contributed by atoms with E-state index in [4.69, 9.17) is 4.42 Å². The van der Waals surface area contributed by atoms with E-state index in [0.29, 0.717) is 5.41 Å². The highest BCUT2D eigenvalue weighted by Gasteiger charge is 2.18. The van der Waals surface area contributed by atoms with Crippen LogP contribution in [0, 0.1) is 0 Å². The average molecular weight is 263 g/mol. The highest BCUT2D eigenvalue weighted by atomic mass is 32.3. The van der Waals surface area contributed by atoms with Gasteiger partial charge in [-0.15, -0.1) is 3.89 Å². The molecule has 0 saturated heterocycles. The Labute approximate surface area is 97.4 Å². The second-order valence-electron chi connectivity index (χ2n) is 2.97. The van der Waals surface area contributed by atoms with Crippen molar-refractivity contribution in [3.8, 4) is 0 Å². The Morgan fingerprint density at radius 2 is 2.24 bits per heavy atom. The Hall–Kier alpha value is -1.67. The third-order valence-electron chi connectivity index (χ3n) is 1.86. The molecular weight excluding hydrogens is 253 g/mol. The number of furan rings is 1. The van der Waals surface area contributed by atoms with Gasteiger partial charge in [-0.2, -0.15) is 8.42 Å². The van der Waals surface area contributed by atoms with Gasteiger partial charge in [0, 0.05) is 12.6 Å². The van der Waals surface area contributed by atoms with Gasteiger partial charge in [-0.05, 0) is 12.1 Å². The van der Waals surface area contributed by atoms with Crippen LogP contribution in [0.1, 0.15) is 16.1 Å². The molecule has 0 aliphatic rings. The maximum atomic E-state index is 12.3. The van der Waals surface area contributed by atoms with Crippen molar-refractivity contribution in [2.45, 2.75) is 0 Å². The molecule has 0 aliphatic carbocycles. The Morgan fingerprint density at radius 3 is 2.76 bits per heavy atom. The van der Waals surface area contributed by atoms with Crippen molar-refractivity contribution in [3.05, 3.63) is 29.1 Å². The van der Waals surface area contributed by atoms with Crippen LogP contribution >= 0.6 is 0 Å². The summed E-state index contributed by atoms with van der Waals surface area (Å²) in [6.45, 7) is 0. The number of carbonyl (C=O) groups is 1. The number of carbonyl (C=O) groups excluding carboxylic acids is 1. The van der Waals surface area contributed by atoms with E-state index in [2.05, 4.69) is 4.84 Å². The summed E-state index contributed by atoms with van der Waals surface area (Å²) >= 11 is 0. The van der Waals surface area contributed by atoms with Crippen LogP contribution in [0.2, 0.25) is 0 Å². The van der Waals surface area contributed by atoms with E-state index in [-0.39, 0.29) is 11.3 Å². The SMILES string of the molecule is CON(C)C(=O)c1occc1/C=C/S(=O)(=O)F. The number of halogens is 1. The highest BCUT2D eigenvalue weighted by molar-refractivity contribution is 7.89. The minimum Gasteiger partial charge on any atom is -0.458 e. The summed E-state index contributed by atoms with van der Waals surface area (Å²) in [5.41, 5.74) is 0.139. The third-order valence-corrected chi connectivity index (χ3v) is 2.32. The van der Waals surface area contributed by atoms with E-state index in [0.717, 1.165) is 11.1 Å². The molecule has 8 heteroatoms. The van der Waals surface area contributed by atoms with Gasteiger partial charge in [-0.1, -0.05) is 0 Å². The normalized spacial score (nSPS) is 11.9. The number of rotatable bonds is 4. The second-order valence-corrected chi connectivity index (χ2v) is 4.19. The summed E-state index contributed by atoms with van der Waals surface area (Å²) in [7, 11) is -2.12. The van der Waals surface area contributed by atoms with E-state index >= 15 is 0 Å². The van der Waals surface area contributed by atoms with Crippen LogP contribution in [0.3, 0.4) is 0 Å². The molecule has 1 heterocycles. The lowest BCUT2D eigenvalue weighted by Gasteiger charge is -2.11. The quantitative estimate of drug-likeness (QED) is 0.602. The Morgan fingerprint density at radius 1 is 1.59 bits per heavy atom. The Kier molecular flexibility index (Phi) is 4.02. The maximum Gasteiger partial charge on any atom is 0.325 e. The molecule has 1 aromatic heterocycles. The maximum absolute atomic E-state index is 12.3. The minimum atomic E-state index is -4.75. The highest BCUT2D eigenvalue weighted by Crippen LogP contribution is 2.15. The number of hydrogen-bond donors (Lipinski definition) is 0. The van der Waals surface area contributed by atoms with Gasteiger partial charge < -0.3 is 4.42 Å². The van der Waals surface area contributed by atoms with Crippen LogP contribution in [-0.4, -0.2) is 33.5 Å². The zero-order chi connectivity index (χ0) is 13.1. The van der Waals surface area contributed by atoms with Gasteiger partial charge >= 0.3 is 16.1 Å². The van der Waals surface area contributed by atoms with Crippen molar-refractivity contribution in [2.75, 3.05) is 14.2 Å². The Balaban J connectivity index is 3.02. The van der Waals surface area contributed by atoms with E-state index in [9.17, 15) is 17.1 Å². The molecule has 0 N–H and O–H groups in total. The van der Waals surface area contributed by atoms with Crippen LogP contribution < -0.4 is 0 Å². The number of hydroxylamine groups is 2. The lowest BCUT2D eigenvalue weighted by molar-refractivity contribution is -0.0773. The molecule has 0 spiro atoms. The lowest BCUT2D eigenvalue weighted by Crippen LogP contribution is -2.25. The summed E-state index contributed by atoms with van der Waals surface area (Å²) in [4.78, 5) is 16.3. The van der Waals surface area contributed by atoms with Gasteiger partial charge in [0.1, 0.15) is 0 Å². The fourth-order valence-corrected chi connectivity index (χ4v) is 1.31. The molecule has 0 unspecified atom stereocenters. The first kappa shape index (κ1) is 13.4. The summed E-state index contributed by atoms with van der Waals surface area (Å²) in [5.74, 6) is -0.761. The van der Waals surface area contributed by atoms with Crippen LogP contribution in [0.4, 0.5) is 3.89 Å². The zero-order valence-electron chi connectivity index (χ0n) is 9.08. The van der Waals surface area contributed by atoms with Crippen LogP contribution in [0.5, 0.6) is 0 Å². The molecule has 6 nitrogen and oxygen atoms in total. The minimum absolute atomic E-state index is 0.139. The molecule has 1 rings (SSSR count). The van der Waals surface area contributed by atoms with Gasteiger partial charge in [-0.3, -0.25) is 9.63 Å².